The Kier molecular flexibility index (Phi) is 3.33. The first kappa shape index (κ1) is 13.9. The van der Waals surface area contributed by atoms with Crippen LogP contribution in [-0.2, 0) is 19.5 Å². The second-order valence-corrected chi connectivity index (χ2v) is 5.85. The minimum atomic E-state index is 0.0625. The SMILES string of the molecule is CCn1nnc2cc(C(=O)N3CCc4ccccc4C3)ccc21. The van der Waals surface area contributed by atoms with Crippen LogP contribution >= 0.6 is 0 Å². The molecule has 2 heterocycles. The van der Waals surface area contributed by atoms with Gasteiger partial charge in [-0.05, 0) is 42.7 Å². The topological polar surface area (TPSA) is 51.0 Å². The van der Waals surface area contributed by atoms with Gasteiger partial charge in [-0.1, -0.05) is 29.5 Å². The van der Waals surface area contributed by atoms with E-state index in [1.807, 2.05) is 40.8 Å². The fraction of sp³-hybridized carbons (Fsp3) is 0.278. The molecule has 0 bridgehead atoms. The normalized spacial score (nSPS) is 14.0. The van der Waals surface area contributed by atoms with E-state index in [0.29, 0.717) is 12.1 Å². The standard InChI is InChI=1S/C18H18N4O/c1-2-22-17-8-7-14(11-16(17)19-20-22)18(23)21-10-9-13-5-3-4-6-15(13)12-21/h3-8,11H,2,9-10,12H2,1H3. The van der Waals surface area contributed by atoms with Crippen LogP contribution in [0.2, 0.25) is 0 Å². The molecule has 2 aromatic carbocycles. The first-order chi connectivity index (χ1) is 11.3. The van der Waals surface area contributed by atoms with E-state index in [9.17, 15) is 4.79 Å². The van der Waals surface area contributed by atoms with Crippen molar-refractivity contribution in [3.63, 3.8) is 0 Å². The molecule has 0 N–H and O–H groups in total. The number of carbonyl (C=O) groups is 1. The number of hydrogen-bond donors (Lipinski definition) is 0. The molecule has 1 aliphatic heterocycles. The van der Waals surface area contributed by atoms with Gasteiger partial charge < -0.3 is 4.90 Å². The van der Waals surface area contributed by atoms with Crippen molar-refractivity contribution in [2.24, 2.45) is 0 Å². The van der Waals surface area contributed by atoms with Crippen LogP contribution in [0, 0.1) is 0 Å². The van der Waals surface area contributed by atoms with E-state index in [-0.39, 0.29) is 5.91 Å². The van der Waals surface area contributed by atoms with Gasteiger partial charge in [-0.3, -0.25) is 4.79 Å². The van der Waals surface area contributed by atoms with Crippen molar-refractivity contribution in [1.82, 2.24) is 19.9 Å². The molecule has 0 fully saturated rings. The third-order valence-corrected chi connectivity index (χ3v) is 4.48. The lowest BCUT2D eigenvalue weighted by atomic mass is 9.99. The van der Waals surface area contributed by atoms with Gasteiger partial charge in [0, 0.05) is 25.2 Å². The molecular formula is C18H18N4O. The highest BCUT2D eigenvalue weighted by molar-refractivity contribution is 5.97. The summed E-state index contributed by atoms with van der Waals surface area (Å²) in [6.45, 7) is 4.23. The van der Waals surface area contributed by atoms with Crippen LogP contribution in [0.15, 0.2) is 42.5 Å². The fourth-order valence-corrected chi connectivity index (χ4v) is 3.19. The van der Waals surface area contributed by atoms with Crippen molar-refractivity contribution in [3.05, 3.63) is 59.2 Å². The minimum Gasteiger partial charge on any atom is -0.334 e. The molecule has 0 spiro atoms. The van der Waals surface area contributed by atoms with Crippen molar-refractivity contribution < 1.29 is 4.79 Å². The van der Waals surface area contributed by atoms with Crippen molar-refractivity contribution in [2.45, 2.75) is 26.4 Å². The van der Waals surface area contributed by atoms with E-state index in [1.165, 1.54) is 11.1 Å². The quantitative estimate of drug-likeness (QED) is 0.731. The summed E-state index contributed by atoms with van der Waals surface area (Å²) in [6.07, 6.45) is 0.913. The molecule has 116 valence electrons. The first-order valence-corrected chi connectivity index (χ1v) is 7.95. The summed E-state index contributed by atoms with van der Waals surface area (Å²) in [5.74, 6) is 0.0625. The number of amides is 1. The number of nitrogens with zero attached hydrogens (tertiary/aromatic N) is 4. The average molecular weight is 306 g/mol. The predicted octanol–water partition coefficient (Wildman–Crippen LogP) is 2.65. The molecule has 3 aromatic rings. The van der Waals surface area contributed by atoms with E-state index >= 15 is 0 Å². The van der Waals surface area contributed by atoms with Crippen LogP contribution in [0.3, 0.4) is 0 Å². The average Bonchev–Trinajstić information content (AvgIpc) is 3.03. The number of hydrogen-bond acceptors (Lipinski definition) is 3. The van der Waals surface area contributed by atoms with E-state index < -0.39 is 0 Å². The van der Waals surface area contributed by atoms with E-state index in [0.717, 1.165) is 30.5 Å². The smallest absolute Gasteiger partial charge is 0.254 e. The summed E-state index contributed by atoms with van der Waals surface area (Å²) in [4.78, 5) is 14.7. The van der Waals surface area contributed by atoms with Crippen molar-refractivity contribution >= 4 is 16.9 Å². The number of carbonyl (C=O) groups excluding carboxylic acids is 1. The summed E-state index contributed by atoms with van der Waals surface area (Å²) in [6, 6.07) is 14.0. The first-order valence-electron chi connectivity index (χ1n) is 7.95. The van der Waals surface area contributed by atoms with Gasteiger partial charge in [0.2, 0.25) is 0 Å². The number of benzene rings is 2. The third kappa shape index (κ3) is 2.38. The Morgan fingerprint density at radius 1 is 1.17 bits per heavy atom. The number of fused-ring (bicyclic) bond motifs is 2. The second kappa shape index (κ2) is 5.50. The van der Waals surface area contributed by atoms with E-state index in [2.05, 4.69) is 28.5 Å². The zero-order chi connectivity index (χ0) is 15.8. The minimum absolute atomic E-state index is 0.0625. The molecule has 0 unspecified atom stereocenters. The molecule has 5 heteroatoms. The fourth-order valence-electron chi connectivity index (χ4n) is 3.19. The molecule has 5 nitrogen and oxygen atoms in total. The summed E-state index contributed by atoms with van der Waals surface area (Å²) in [5.41, 5.74) is 5.01. The van der Waals surface area contributed by atoms with Gasteiger partial charge in [-0.25, -0.2) is 4.68 Å². The summed E-state index contributed by atoms with van der Waals surface area (Å²) < 4.78 is 1.83. The zero-order valence-electron chi connectivity index (χ0n) is 13.1. The highest BCUT2D eigenvalue weighted by atomic mass is 16.2. The Hall–Kier alpha value is -2.69. The van der Waals surface area contributed by atoms with Gasteiger partial charge in [-0.15, -0.1) is 5.10 Å². The van der Waals surface area contributed by atoms with Gasteiger partial charge in [0.05, 0.1) is 5.52 Å². The Morgan fingerprint density at radius 2 is 2.00 bits per heavy atom. The highest BCUT2D eigenvalue weighted by Gasteiger charge is 2.22. The molecule has 0 aliphatic carbocycles. The lowest BCUT2D eigenvalue weighted by Gasteiger charge is -2.29. The molecule has 23 heavy (non-hydrogen) atoms. The maximum Gasteiger partial charge on any atom is 0.254 e. The van der Waals surface area contributed by atoms with Crippen molar-refractivity contribution in [2.75, 3.05) is 6.54 Å². The van der Waals surface area contributed by atoms with E-state index in [4.69, 9.17) is 0 Å². The Labute approximate surface area is 134 Å². The monoisotopic (exact) mass is 306 g/mol. The summed E-state index contributed by atoms with van der Waals surface area (Å²) in [5, 5.41) is 8.25. The molecule has 0 atom stereocenters. The van der Waals surface area contributed by atoms with Gasteiger partial charge in [0.15, 0.2) is 0 Å². The zero-order valence-corrected chi connectivity index (χ0v) is 13.1. The van der Waals surface area contributed by atoms with Crippen molar-refractivity contribution in [3.8, 4) is 0 Å². The van der Waals surface area contributed by atoms with Gasteiger partial charge in [-0.2, -0.15) is 0 Å². The molecule has 1 aromatic heterocycles. The molecule has 0 radical (unpaired) electrons. The number of rotatable bonds is 2. The number of aromatic nitrogens is 3. The van der Waals surface area contributed by atoms with Crippen LogP contribution in [0.25, 0.3) is 11.0 Å². The predicted molar refractivity (Wildman–Crippen MR) is 88.1 cm³/mol. The summed E-state index contributed by atoms with van der Waals surface area (Å²) in [7, 11) is 0. The highest BCUT2D eigenvalue weighted by Crippen LogP contribution is 2.21. The van der Waals surface area contributed by atoms with Crippen LogP contribution in [0.4, 0.5) is 0 Å². The molecule has 1 aliphatic rings. The Morgan fingerprint density at radius 3 is 2.83 bits per heavy atom. The Bertz CT molecular complexity index is 884. The third-order valence-electron chi connectivity index (χ3n) is 4.48. The van der Waals surface area contributed by atoms with Gasteiger partial charge >= 0.3 is 0 Å². The molecule has 1 amide bonds. The van der Waals surface area contributed by atoms with Crippen LogP contribution in [0.5, 0.6) is 0 Å². The van der Waals surface area contributed by atoms with Crippen LogP contribution in [-0.4, -0.2) is 32.3 Å². The maximum absolute atomic E-state index is 12.8. The van der Waals surface area contributed by atoms with Crippen LogP contribution in [0.1, 0.15) is 28.4 Å². The Balaban J connectivity index is 1.62. The molecular weight excluding hydrogens is 288 g/mol. The van der Waals surface area contributed by atoms with Crippen molar-refractivity contribution in [1.29, 1.82) is 0 Å². The number of aryl methyl sites for hydroxylation is 1. The molecule has 0 saturated carbocycles. The summed E-state index contributed by atoms with van der Waals surface area (Å²) >= 11 is 0. The van der Waals surface area contributed by atoms with Gasteiger partial charge in [0.1, 0.15) is 5.52 Å². The molecule has 4 rings (SSSR count). The molecule has 0 saturated heterocycles. The lowest BCUT2D eigenvalue weighted by molar-refractivity contribution is 0.0735. The maximum atomic E-state index is 12.8. The van der Waals surface area contributed by atoms with E-state index in [1.54, 1.807) is 0 Å². The van der Waals surface area contributed by atoms with Crippen LogP contribution < -0.4 is 0 Å². The second-order valence-electron chi connectivity index (χ2n) is 5.85. The lowest BCUT2D eigenvalue weighted by Crippen LogP contribution is -2.35. The van der Waals surface area contributed by atoms with Gasteiger partial charge in [0.25, 0.3) is 5.91 Å². The largest absolute Gasteiger partial charge is 0.334 e.